The molecule has 0 saturated carbocycles. The second-order valence-corrected chi connectivity index (χ2v) is 3.73. The Balaban J connectivity index is 3.33. The van der Waals surface area contributed by atoms with Gasteiger partial charge >= 0.3 is 0 Å². The molecule has 1 aromatic carbocycles. The van der Waals surface area contributed by atoms with Crippen molar-refractivity contribution in [2.45, 2.75) is 11.8 Å². The highest BCUT2D eigenvalue weighted by molar-refractivity contribution is 7.79. The minimum atomic E-state index is -2.04. The Morgan fingerprint density at radius 1 is 1.58 bits per heavy atom. The van der Waals surface area contributed by atoms with E-state index in [0.29, 0.717) is 5.02 Å². The van der Waals surface area contributed by atoms with Crippen LogP contribution in [0, 0.1) is 6.92 Å². The maximum Gasteiger partial charge on any atom is 0.188 e. The Hall–Kier alpha value is -0.580. The number of aryl methyl sites for hydroxylation is 1. The average molecular weight is 206 g/mol. The zero-order valence-electron chi connectivity index (χ0n) is 6.37. The van der Waals surface area contributed by atoms with Gasteiger partial charge in [-0.05, 0) is 24.6 Å². The third-order valence-corrected chi connectivity index (χ3v) is 2.62. The van der Waals surface area contributed by atoms with Crippen molar-refractivity contribution in [2.24, 2.45) is 0 Å². The van der Waals surface area contributed by atoms with Crippen LogP contribution in [-0.4, -0.2) is 8.76 Å². The molecule has 0 aromatic heterocycles. The standard InChI is InChI=1S/C7H8ClNO2S/c1-4-2-7(12(10)11)6(9)3-5(4)8/h2-3H,9H2,1H3,(H,10,11). The fourth-order valence-electron chi connectivity index (χ4n) is 0.822. The number of hydrogen-bond acceptors (Lipinski definition) is 2. The molecule has 1 atom stereocenters. The molecule has 0 spiro atoms. The summed E-state index contributed by atoms with van der Waals surface area (Å²) in [6, 6.07) is 2.98. The molecule has 0 aliphatic heterocycles. The summed E-state index contributed by atoms with van der Waals surface area (Å²) in [4.78, 5) is 0.205. The molecule has 0 bridgehead atoms. The normalized spacial score (nSPS) is 12.9. The summed E-state index contributed by atoms with van der Waals surface area (Å²) in [5, 5.41) is 0.502. The fraction of sp³-hybridized carbons (Fsp3) is 0.143. The smallest absolute Gasteiger partial charge is 0.188 e. The Bertz CT molecular complexity index is 340. The summed E-state index contributed by atoms with van der Waals surface area (Å²) in [6.45, 7) is 1.75. The van der Waals surface area contributed by atoms with E-state index in [1.807, 2.05) is 0 Å². The molecule has 3 nitrogen and oxygen atoms in total. The SMILES string of the molecule is Cc1cc(S(=O)O)c(N)cc1Cl. The second-order valence-electron chi connectivity index (χ2n) is 2.39. The first-order valence-corrected chi connectivity index (χ1v) is 4.67. The number of nitrogens with two attached hydrogens (primary N) is 1. The topological polar surface area (TPSA) is 63.3 Å². The van der Waals surface area contributed by atoms with Gasteiger partial charge in [0, 0.05) is 5.02 Å². The largest absolute Gasteiger partial charge is 0.398 e. The van der Waals surface area contributed by atoms with Crippen molar-refractivity contribution in [3.63, 3.8) is 0 Å². The van der Waals surface area contributed by atoms with Crippen LogP contribution >= 0.6 is 11.6 Å². The highest BCUT2D eigenvalue weighted by atomic mass is 35.5. The van der Waals surface area contributed by atoms with E-state index in [-0.39, 0.29) is 10.6 Å². The molecule has 3 N–H and O–H groups in total. The first-order chi connectivity index (χ1) is 5.52. The zero-order chi connectivity index (χ0) is 9.30. The monoisotopic (exact) mass is 205 g/mol. The van der Waals surface area contributed by atoms with Crippen molar-refractivity contribution in [1.82, 2.24) is 0 Å². The van der Waals surface area contributed by atoms with Gasteiger partial charge in [0.1, 0.15) is 0 Å². The van der Waals surface area contributed by atoms with Crippen molar-refractivity contribution in [3.05, 3.63) is 22.7 Å². The number of anilines is 1. The predicted octanol–water partition coefficient (Wildman–Crippen LogP) is 1.81. The summed E-state index contributed by atoms with van der Waals surface area (Å²) in [6.07, 6.45) is 0. The van der Waals surface area contributed by atoms with E-state index in [4.69, 9.17) is 21.9 Å². The molecule has 0 heterocycles. The third kappa shape index (κ3) is 1.77. The molecule has 5 heteroatoms. The molecule has 0 radical (unpaired) electrons. The highest BCUT2D eigenvalue weighted by Gasteiger charge is 2.07. The summed E-state index contributed by atoms with van der Waals surface area (Å²) in [5.74, 6) is 0. The van der Waals surface area contributed by atoms with E-state index in [9.17, 15) is 4.21 Å². The maximum absolute atomic E-state index is 10.7. The van der Waals surface area contributed by atoms with Crippen LogP contribution in [0.2, 0.25) is 5.02 Å². The van der Waals surface area contributed by atoms with Crippen LogP contribution in [0.1, 0.15) is 5.56 Å². The molecule has 0 aliphatic carbocycles. The molecule has 1 aromatic rings. The number of benzene rings is 1. The average Bonchev–Trinajstić information content (AvgIpc) is 1.96. The Morgan fingerprint density at radius 3 is 2.67 bits per heavy atom. The number of rotatable bonds is 1. The van der Waals surface area contributed by atoms with Crippen LogP contribution in [0.15, 0.2) is 17.0 Å². The predicted molar refractivity (Wildman–Crippen MR) is 49.6 cm³/mol. The first-order valence-electron chi connectivity index (χ1n) is 3.19. The van der Waals surface area contributed by atoms with Gasteiger partial charge in [-0.15, -0.1) is 0 Å². The Morgan fingerprint density at radius 2 is 2.17 bits per heavy atom. The summed E-state index contributed by atoms with van der Waals surface area (Å²) >= 11 is 3.69. The molecule has 1 unspecified atom stereocenters. The Kier molecular flexibility index (Phi) is 2.72. The molecule has 0 amide bonds. The lowest BCUT2D eigenvalue weighted by molar-refractivity contribution is 0.565. The molecule has 12 heavy (non-hydrogen) atoms. The number of halogens is 1. The quantitative estimate of drug-likeness (QED) is 0.543. The van der Waals surface area contributed by atoms with E-state index in [1.54, 1.807) is 6.92 Å². The third-order valence-electron chi connectivity index (χ3n) is 1.48. The van der Waals surface area contributed by atoms with Gasteiger partial charge in [0.15, 0.2) is 11.1 Å². The van der Waals surface area contributed by atoms with Crippen molar-refractivity contribution >= 4 is 28.4 Å². The summed E-state index contributed by atoms with van der Waals surface area (Å²) in [5.41, 5.74) is 6.43. The second kappa shape index (κ2) is 3.43. The maximum atomic E-state index is 10.7. The number of hydrogen-bond donors (Lipinski definition) is 2. The lowest BCUT2D eigenvalue weighted by Crippen LogP contribution is -1.97. The number of nitrogen functional groups attached to an aromatic ring is 1. The van der Waals surface area contributed by atoms with Crippen molar-refractivity contribution in [1.29, 1.82) is 0 Å². The molecular weight excluding hydrogens is 198 g/mol. The lowest BCUT2D eigenvalue weighted by Gasteiger charge is -2.03. The van der Waals surface area contributed by atoms with E-state index >= 15 is 0 Å². The van der Waals surface area contributed by atoms with Crippen LogP contribution in [0.4, 0.5) is 5.69 Å². The summed E-state index contributed by atoms with van der Waals surface area (Å²) in [7, 11) is 0. The van der Waals surface area contributed by atoms with E-state index < -0.39 is 11.1 Å². The Labute approximate surface area is 77.8 Å². The van der Waals surface area contributed by atoms with Crippen LogP contribution < -0.4 is 5.73 Å². The van der Waals surface area contributed by atoms with Gasteiger partial charge in [-0.3, -0.25) is 0 Å². The molecule has 66 valence electrons. The van der Waals surface area contributed by atoms with Crippen LogP contribution in [0.25, 0.3) is 0 Å². The molecular formula is C7H8ClNO2S. The minimum absolute atomic E-state index is 0.205. The van der Waals surface area contributed by atoms with Gasteiger partial charge < -0.3 is 10.3 Å². The van der Waals surface area contributed by atoms with Gasteiger partial charge in [0.25, 0.3) is 0 Å². The van der Waals surface area contributed by atoms with Crippen molar-refractivity contribution < 1.29 is 8.76 Å². The molecule has 0 fully saturated rings. The van der Waals surface area contributed by atoms with Gasteiger partial charge in [0.05, 0.1) is 10.6 Å². The summed E-state index contributed by atoms with van der Waals surface area (Å²) < 4.78 is 19.4. The van der Waals surface area contributed by atoms with E-state index in [2.05, 4.69) is 0 Å². The minimum Gasteiger partial charge on any atom is -0.398 e. The van der Waals surface area contributed by atoms with Crippen molar-refractivity contribution in [3.8, 4) is 0 Å². The highest BCUT2D eigenvalue weighted by Crippen LogP contribution is 2.24. The van der Waals surface area contributed by atoms with E-state index in [1.165, 1.54) is 12.1 Å². The lowest BCUT2D eigenvalue weighted by atomic mass is 10.2. The van der Waals surface area contributed by atoms with E-state index in [0.717, 1.165) is 5.56 Å². The van der Waals surface area contributed by atoms with Gasteiger partial charge in [-0.25, -0.2) is 4.21 Å². The fourth-order valence-corrected chi connectivity index (χ4v) is 1.53. The van der Waals surface area contributed by atoms with Gasteiger partial charge in [0.2, 0.25) is 0 Å². The molecule has 0 aliphatic rings. The zero-order valence-corrected chi connectivity index (χ0v) is 7.95. The van der Waals surface area contributed by atoms with Crippen molar-refractivity contribution in [2.75, 3.05) is 5.73 Å². The van der Waals surface area contributed by atoms with Crippen LogP contribution in [-0.2, 0) is 11.1 Å². The molecule has 1 rings (SSSR count). The van der Waals surface area contributed by atoms with Gasteiger partial charge in [-0.2, -0.15) is 0 Å². The van der Waals surface area contributed by atoms with Gasteiger partial charge in [-0.1, -0.05) is 11.6 Å². The first kappa shape index (κ1) is 9.51. The van der Waals surface area contributed by atoms with Crippen LogP contribution in [0.5, 0.6) is 0 Å². The molecule has 0 saturated heterocycles. The van der Waals surface area contributed by atoms with Crippen LogP contribution in [0.3, 0.4) is 0 Å².